The second-order valence-electron chi connectivity index (χ2n) is 1.92. The second-order valence-corrected chi connectivity index (χ2v) is 2.70. The molecule has 0 aliphatic rings. The summed E-state index contributed by atoms with van der Waals surface area (Å²) in [6.45, 7) is 0. The molecule has 0 spiro atoms. The molecule has 0 fully saturated rings. The number of phenols is 1. The highest BCUT2D eigenvalue weighted by Crippen LogP contribution is 2.33. The molecule has 0 saturated heterocycles. The second kappa shape index (κ2) is 3.11. The Morgan fingerprint density at radius 3 is 2.55 bits per heavy atom. The molecule has 0 aliphatic carbocycles. The molecule has 0 aliphatic heterocycles. The van der Waals surface area contributed by atoms with E-state index in [1.54, 1.807) is 0 Å². The highest BCUT2D eigenvalue weighted by atomic mass is 35.5. The van der Waals surface area contributed by atoms with Crippen LogP contribution in [0.2, 0.25) is 10.0 Å². The van der Waals surface area contributed by atoms with E-state index in [0.717, 1.165) is 0 Å². The number of aldehydes is 1. The van der Waals surface area contributed by atoms with Gasteiger partial charge in [-0.25, -0.2) is 0 Å². The maximum atomic E-state index is 10.3. The van der Waals surface area contributed by atoms with Crippen LogP contribution in [0.5, 0.6) is 5.75 Å². The van der Waals surface area contributed by atoms with E-state index < -0.39 is 0 Å². The number of aromatic hydroxyl groups is 1. The maximum Gasteiger partial charge on any atom is 0.153 e. The smallest absolute Gasteiger partial charge is 0.153 e. The first-order valence-corrected chi connectivity index (χ1v) is 3.54. The third-order valence-corrected chi connectivity index (χ3v) is 1.93. The molecule has 1 rings (SSSR count). The van der Waals surface area contributed by atoms with Crippen LogP contribution in [0.4, 0.5) is 0 Å². The van der Waals surface area contributed by atoms with E-state index in [1.165, 1.54) is 12.1 Å². The summed E-state index contributed by atoms with van der Waals surface area (Å²) in [6.07, 6.45) is 0.554. The Morgan fingerprint density at radius 1 is 1.36 bits per heavy atom. The summed E-state index contributed by atoms with van der Waals surface area (Å²) in [7, 11) is 0. The molecule has 0 unspecified atom stereocenters. The normalized spacial score (nSPS) is 9.64. The number of carbonyl (C=O) groups is 1. The zero-order valence-electron chi connectivity index (χ0n) is 5.34. The van der Waals surface area contributed by atoms with Crippen molar-refractivity contribution in [3.05, 3.63) is 27.7 Å². The van der Waals surface area contributed by atoms with Crippen LogP contribution in [0.3, 0.4) is 0 Å². The van der Waals surface area contributed by atoms with Crippen LogP contribution < -0.4 is 0 Å². The van der Waals surface area contributed by atoms with Crippen LogP contribution in [0.15, 0.2) is 12.1 Å². The van der Waals surface area contributed by atoms with Gasteiger partial charge in [-0.05, 0) is 12.1 Å². The van der Waals surface area contributed by atoms with Crippen molar-refractivity contribution >= 4 is 29.5 Å². The van der Waals surface area contributed by atoms with E-state index in [9.17, 15) is 4.79 Å². The molecule has 0 saturated carbocycles. The van der Waals surface area contributed by atoms with Gasteiger partial charge in [0.05, 0.1) is 10.0 Å². The molecular weight excluding hydrogens is 187 g/mol. The molecule has 11 heavy (non-hydrogen) atoms. The molecule has 1 aromatic rings. The predicted molar refractivity (Wildman–Crippen MR) is 43.5 cm³/mol. The average Bonchev–Trinajstić information content (AvgIpc) is 2.01. The van der Waals surface area contributed by atoms with Gasteiger partial charge in [-0.15, -0.1) is 0 Å². The molecule has 0 bridgehead atoms. The van der Waals surface area contributed by atoms with Gasteiger partial charge in [0.15, 0.2) is 12.0 Å². The van der Waals surface area contributed by atoms with Crippen molar-refractivity contribution in [3.63, 3.8) is 0 Å². The number of rotatable bonds is 1. The van der Waals surface area contributed by atoms with E-state index in [0.29, 0.717) is 6.29 Å². The Hall–Kier alpha value is -0.730. The SMILES string of the molecule is O=Cc1ccc(Cl)c(O)c1Cl. The summed E-state index contributed by atoms with van der Waals surface area (Å²) in [6, 6.07) is 2.85. The topological polar surface area (TPSA) is 37.3 Å². The number of phenolic OH excluding ortho intramolecular Hbond substituents is 1. The molecule has 4 heteroatoms. The molecule has 0 amide bonds. The quantitative estimate of drug-likeness (QED) is 0.692. The van der Waals surface area contributed by atoms with Crippen LogP contribution in [0.25, 0.3) is 0 Å². The molecule has 0 radical (unpaired) electrons. The molecule has 58 valence electrons. The van der Waals surface area contributed by atoms with Crippen LogP contribution in [0.1, 0.15) is 10.4 Å². The number of halogens is 2. The Balaban J connectivity index is 3.36. The fourth-order valence-electron chi connectivity index (χ4n) is 0.648. The molecule has 2 nitrogen and oxygen atoms in total. The molecule has 0 aromatic heterocycles. The maximum absolute atomic E-state index is 10.3. The van der Waals surface area contributed by atoms with Gasteiger partial charge in [0.1, 0.15) is 0 Å². The van der Waals surface area contributed by atoms with Gasteiger partial charge in [0, 0.05) is 5.56 Å². The number of carbonyl (C=O) groups excluding carboxylic acids is 1. The van der Waals surface area contributed by atoms with Crippen molar-refractivity contribution in [2.45, 2.75) is 0 Å². The molecular formula is C7H4Cl2O2. The minimum absolute atomic E-state index is 0.00694. The number of benzene rings is 1. The number of hydrogen-bond acceptors (Lipinski definition) is 2. The summed E-state index contributed by atoms with van der Waals surface area (Å²) >= 11 is 11.0. The third kappa shape index (κ3) is 1.47. The Bertz CT molecular complexity index is 297. The Kier molecular flexibility index (Phi) is 2.37. The van der Waals surface area contributed by atoms with E-state index in [1.807, 2.05) is 0 Å². The summed E-state index contributed by atoms with van der Waals surface area (Å²) in [5.74, 6) is -0.252. The van der Waals surface area contributed by atoms with Crippen molar-refractivity contribution in [2.24, 2.45) is 0 Å². The van der Waals surface area contributed by atoms with Crippen LogP contribution >= 0.6 is 23.2 Å². The number of hydrogen-bond donors (Lipinski definition) is 1. The monoisotopic (exact) mass is 190 g/mol. The highest BCUT2D eigenvalue weighted by molar-refractivity contribution is 6.38. The third-order valence-electron chi connectivity index (χ3n) is 1.22. The first kappa shape index (κ1) is 8.37. The largest absolute Gasteiger partial charge is 0.505 e. The van der Waals surface area contributed by atoms with Crippen LogP contribution in [0, 0.1) is 0 Å². The van der Waals surface area contributed by atoms with Crippen molar-refractivity contribution in [2.75, 3.05) is 0 Å². The van der Waals surface area contributed by atoms with Crippen LogP contribution in [-0.2, 0) is 0 Å². The van der Waals surface area contributed by atoms with Gasteiger partial charge in [-0.2, -0.15) is 0 Å². The fourth-order valence-corrected chi connectivity index (χ4v) is 1.06. The standard InChI is InChI=1S/C7H4Cl2O2/c8-5-2-1-4(3-10)6(9)7(5)11/h1-3,11H. The molecule has 0 atom stereocenters. The van der Waals surface area contributed by atoms with Gasteiger partial charge in [-0.3, -0.25) is 4.79 Å². The lowest BCUT2D eigenvalue weighted by atomic mass is 10.2. The average molecular weight is 191 g/mol. The van der Waals surface area contributed by atoms with Gasteiger partial charge in [0.2, 0.25) is 0 Å². The zero-order chi connectivity index (χ0) is 8.43. The first-order chi connectivity index (χ1) is 5.16. The van der Waals surface area contributed by atoms with Crippen LogP contribution in [-0.4, -0.2) is 11.4 Å². The summed E-state index contributed by atoms with van der Waals surface area (Å²) in [5.41, 5.74) is 0.230. The predicted octanol–water partition coefficient (Wildman–Crippen LogP) is 2.51. The lowest BCUT2D eigenvalue weighted by Crippen LogP contribution is -1.81. The van der Waals surface area contributed by atoms with Crippen molar-refractivity contribution in [3.8, 4) is 5.75 Å². The van der Waals surface area contributed by atoms with Crippen molar-refractivity contribution in [1.82, 2.24) is 0 Å². The van der Waals surface area contributed by atoms with Crippen molar-refractivity contribution in [1.29, 1.82) is 0 Å². The van der Waals surface area contributed by atoms with E-state index >= 15 is 0 Å². The van der Waals surface area contributed by atoms with Gasteiger partial charge < -0.3 is 5.11 Å². The fraction of sp³-hybridized carbons (Fsp3) is 0. The molecule has 0 heterocycles. The van der Waals surface area contributed by atoms with Crippen molar-refractivity contribution < 1.29 is 9.90 Å². The van der Waals surface area contributed by atoms with E-state index in [-0.39, 0.29) is 21.4 Å². The first-order valence-electron chi connectivity index (χ1n) is 2.79. The minimum Gasteiger partial charge on any atom is -0.505 e. The summed E-state index contributed by atoms with van der Waals surface area (Å²) in [4.78, 5) is 10.3. The van der Waals surface area contributed by atoms with Gasteiger partial charge >= 0.3 is 0 Å². The summed E-state index contributed by atoms with van der Waals surface area (Å²) < 4.78 is 0. The molecule has 1 N–H and O–H groups in total. The molecule has 1 aromatic carbocycles. The highest BCUT2D eigenvalue weighted by Gasteiger charge is 2.07. The Morgan fingerprint density at radius 2 is 2.00 bits per heavy atom. The Labute approximate surface area is 73.4 Å². The lowest BCUT2D eigenvalue weighted by molar-refractivity contribution is 0.112. The van der Waals surface area contributed by atoms with Gasteiger partial charge in [0.25, 0.3) is 0 Å². The minimum atomic E-state index is -0.252. The summed E-state index contributed by atoms with van der Waals surface area (Å²) in [5, 5.41) is 9.23. The lowest BCUT2D eigenvalue weighted by Gasteiger charge is -2.00. The van der Waals surface area contributed by atoms with E-state index in [4.69, 9.17) is 28.3 Å². The zero-order valence-corrected chi connectivity index (χ0v) is 6.86. The van der Waals surface area contributed by atoms with Gasteiger partial charge in [-0.1, -0.05) is 23.2 Å². The van der Waals surface area contributed by atoms with E-state index in [2.05, 4.69) is 0 Å².